The average Bonchev–Trinajstić information content (AvgIpc) is 2.14. The number of nitrogens with zero attached hydrogens (tertiary/aromatic N) is 2. The van der Waals surface area contributed by atoms with Gasteiger partial charge < -0.3 is 4.90 Å². The molecular weight excluding hydrogens is 184 g/mol. The fraction of sp³-hybridized carbons (Fsp3) is 0.778. The summed E-state index contributed by atoms with van der Waals surface area (Å²) in [7, 11) is 0. The van der Waals surface area contributed by atoms with Crippen molar-refractivity contribution in [3.05, 3.63) is 0 Å². The van der Waals surface area contributed by atoms with Crippen LogP contribution in [0, 0.1) is 11.3 Å². The first-order valence-corrected chi connectivity index (χ1v) is 5.79. The van der Waals surface area contributed by atoms with Gasteiger partial charge in [0.25, 0.3) is 0 Å². The molecule has 0 radical (unpaired) electrons. The zero-order valence-corrected chi connectivity index (χ0v) is 9.06. The molecule has 0 saturated carbocycles. The fourth-order valence-electron chi connectivity index (χ4n) is 0.995. The van der Waals surface area contributed by atoms with Gasteiger partial charge in [-0.05, 0) is 12.7 Å². The average molecular weight is 200 g/mol. The van der Waals surface area contributed by atoms with Gasteiger partial charge in [0.2, 0.25) is 5.91 Å². The van der Waals surface area contributed by atoms with Crippen LogP contribution in [-0.4, -0.2) is 35.9 Å². The second kappa shape index (κ2) is 7.93. The van der Waals surface area contributed by atoms with E-state index in [9.17, 15) is 4.79 Å². The summed E-state index contributed by atoms with van der Waals surface area (Å²) in [5.41, 5.74) is 0. The number of thioether (sulfide) groups is 1. The second-order valence-electron chi connectivity index (χ2n) is 2.72. The smallest absolute Gasteiger partial charge is 0.224 e. The molecule has 4 heteroatoms. The van der Waals surface area contributed by atoms with Crippen LogP contribution in [0.3, 0.4) is 0 Å². The van der Waals surface area contributed by atoms with Gasteiger partial charge in [-0.1, -0.05) is 6.92 Å². The first kappa shape index (κ1) is 12.3. The van der Waals surface area contributed by atoms with E-state index < -0.39 is 0 Å². The minimum absolute atomic E-state index is 0.0951. The van der Waals surface area contributed by atoms with Crippen molar-refractivity contribution in [1.29, 1.82) is 5.26 Å². The molecule has 0 aliphatic heterocycles. The quantitative estimate of drug-likeness (QED) is 0.610. The molecule has 0 spiro atoms. The third-order valence-corrected chi connectivity index (χ3v) is 2.24. The van der Waals surface area contributed by atoms with Crippen LogP contribution >= 0.6 is 11.8 Å². The SMILES string of the molecule is CCCN(CC#N)C(=O)CCSC. The van der Waals surface area contributed by atoms with E-state index in [-0.39, 0.29) is 12.5 Å². The van der Waals surface area contributed by atoms with Crippen LogP contribution < -0.4 is 0 Å². The number of carbonyl (C=O) groups excluding carboxylic acids is 1. The van der Waals surface area contributed by atoms with Crippen LogP contribution in [0.5, 0.6) is 0 Å². The normalized spacial score (nSPS) is 9.31. The van der Waals surface area contributed by atoms with Gasteiger partial charge in [0, 0.05) is 18.7 Å². The highest BCUT2D eigenvalue weighted by atomic mass is 32.2. The molecule has 0 unspecified atom stereocenters. The largest absolute Gasteiger partial charge is 0.329 e. The third kappa shape index (κ3) is 5.53. The molecule has 0 aromatic heterocycles. The van der Waals surface area contributed by atoms with E-state index in [1.807, 2.05) is 19.2 Å². The molecule has 0 saturated heterocycles. The van der Waals surface area contributed by atoms with Crippen LogP contribution in [-0.2, 0) is 4.79 Å². The summed E-state index contributed by atoms with van der Waals surface area (Å²) in [6.07, 6.45) is 3.43. The highest BCUT2D eigenvalue weighted by Crippen LogP contribution is 2.01. The fourth-order valence-corrected chi connectivity index (χ4v) is 1.37. The summed E-state index contributed by atoms with van der Waals surface area (Å²) in [5.74, 6) is 0.933. The lowest BCUT2D eigenvalue weighted by Crippen LogP contribution is -2.32. The van der Waals surface area contributed by atoms with Crippen LogP contribution in [0.1, 0.15) is 19.8 Å². The first-order valence-electron chi connectivity index (χ1n) is 4.39. The topological polar surface area (TPSA) is 44.1 Å². The van der Waals surface area contributed by atoms with E-state index in [0.717, 1.165) is 12.2 Å². The van der Waals surface area contributed by atoms with Gasteiger partial charge in [-0.15, -0.1) is 0 Å². The maximum Gasteiger partial charge on any atom is 0.224 e. The number of hydrogen-bond acceptors (Lipinski definition) is 3. The van der Waals surface area contributed by atoms with Gasteiger partial charge in [-0.2, -0.15) is 17.0 Å². The van der Waals surface area contributed by atoms with Gasteiger partial charge >= 0.3 is 0 Å². The minimum atomic E-state index is 0.0951. The predicted octanol–water partition coefficient (Wildman–Crippen LogP) is 1.50. The molecule has 0 aliphatic carbocycles. The number of amides is 1. The molecule has 0 atom stereocenters. The molecule has 1 amide bonds. The van der Waals surface area contributed by atoms with Crippen molar-refractivity contribution in [2.75, 3.05) is 25.1 Å². The first-order chi connectivity index (χ1) is 6.26. The van der Waals surface area contributed by atoms with Gasteiger partial charge in [-0.3, -0.25) is 4.79 Å². The Morgan fingerprint density at radius 3 is 2.77 bits per heavy atom. The van der Waals surface area contributed by atoms with E-state index in [1.165, 1.54) is 0 Å². The Labute approximate surface area is 84.1 Å². The van der Waals surface area contributed by atoms with Crippen molar-refractivity contribution < 1.29 is 4.79 Å². The number of nitriles is 1. The Morgan fingerprint density at radius 1 is 1.62 bits per heavy atom. The number of rotatable bonds is 6. The molecule has 0 aromatic carbocycles. The van der Waals surface area contributed by atoms with Crippen LogP contribution in [0.2, 0.25) is 0 Å². The zero-order chi connectivity index (χ0) is 10.1. The molecule has 0 aliphatic rings. The molecule has 0 aromatic rings. The molecule has 13 heavy (non-hydrogen) atoms. The van der Waals surface area contributed by atoms with E-state index in [2.05, 4.69) is 0 Å². The van der Waals surface area contributed by atoms with Gasteiger partial charge in [-0.25, -0.2) is 0 Å². The molecule has 0 heterocycles. The van der Waals surface area contributed by atoms with Crippen molar-refractivity contribution in [3.8, 4) is 6.07 Å². The Bertz CT molecular complexity index is 189. The van der Waals surface area contributed by atoms with Gasteiger partial charge in [0.15, 0.2) is 0 Å². The maximum absolute atomic E-state index is 11.4. The van der Waals surface area contributed by atoms with E-state index in [1.54, 1.807) is 16.7 Å². The maximum atomic E-state index is 11.4. The lowest BCUT2D eigenvalue weighted by Gasteiger charge is -2.18. The number of hydrogen-bond donors (Lipinski definition) is 0. The second-order valence-corrected chi connectivity index (χ2v) is 3.70. The van der Waals surface area contributed by atoms with Crippen LogP contribution in [0.15, 0.2) is 0 Å². The Morgan fingerprint density at radius 2 is 2.31 bits per heavy atom. The van der Waals surface area contributed by atoms with Crippen molar-refractivity contribution in [2.45, 2.75) is 19.8 Å². The highest BCUT2D eigenvalue weighted by molar-refractivity contribution is 7.98. The monoisotopic (exact) mass is 200 g/mol. The molecule has 0 bridgehead atoms. The minimum Gasteiger partial charge on any atom is -0.329 e. The van der Waals surface area contributed by atoms with Crippen molar-refractivity contribution in [1.82, 2.24) is 4.90 Å². The Hall–Kier alpha value is -0.690. The lowest BCUT2D eigenvalue weighted by atomic mass is 10.3. The predicted molar refractivity (Wildman–Crippen MR) is 55.5 cm³/mol. The van der Waals surface area contributed by atoms with Crippen LogP contribution in [0.25, 0.3) is 0 Å². The third-order valence-electron chi connectivity index (χ3n) is 1.63. The van der Waals surface area contributed by atoms with Gasteiger partial charge in [0.1, 0.15) is 6.54 Å². The summed E-state index contributed by atoms with van der Waals surface area (Å²) >= 11 is 1.65. The molecular formula is C9H16N2OS. The summed E-state index contributed by atoms with van der Waals surface area (Å²) in [4.78, 5) is 13.1. The van der Waals surface area contributed by atoms with Crippen molar-refractivity contribution in [3.63, 3.8) is 0 Å². The summed E-state index contributed by atoms with van der Waals surface area (Å²) < 4.78 is 0. The molecule has 0 fully saturated rings. The highest BCUT2D eigenvalue weighted by Gasteiger charge is 2.10. The van der Waals surface area contributed by atoms with Crippen molar-refractivity contribution >= 4 is 17.7 Å². The Kier molecular flexibility index (Phi) is 7.51. The summed E-state index contributed by atoms with van der Waals surface area (Å²) in [6.45, 7) is 2.92. The molecule has 3 nitrogen and oxygen atoms in total. The lowest BCUT2D eigenvalue weighted by molar-refractivity contribution is -0.130. The zero-order valence-electron chi connectivity index (χ0n) is 8.25. The molecule has 0 N–H and O–H groups in total. The summed E-state index contributed by atoms with van der Waals surface area (Å²) in [5, 5.41) is 8.49. The Balaban J connectivity index is 3.89. The van der Waals surface area contributed by atoms with E-state index >= 15 is 0 Å². The standard InChI is InChI=1S/C9H16N2OS/c1-3-6-11(7-5-10)9(12)4-8-13-2/h3-4,6-8H2,1-2H3. The van der Waals surface area contributed by atoms with Gasteiger partial charge in [0.05, 0.1) is 6.07 Å². The van der Waals surface area contributed by atoms with E-state index in [0.29, 0.717) is 13.0 Å². The molecule has 74 valence electrons. The van der Waals surface area contributed by atoms with Crippen molar-refractivity contribution in [2.24, 2.45) is 0 Å². The summed E-state index contributed by atoms with van der Waals surface area (Å²) in [6, 6.07) is 2.01. The van der Waals surface area contributed by atoms with Crippen LogP contribution in [0.4, 0.5) is 0 Å². The van der Waals surface area contributed by atoms with E-state index in [4.69, 9.17) is 5.26 Å². The number of carbonyl (C=O) groups is 1. The molecule has 0 rings (SSSR count).